The highest BCUT2D eigenvalue weighted by molar-refractivity contribution is 5.69. The first-order chi connectivity index (χ1) is 16.8. The summed E-state index contributed by atoms with van der Waals surface area (Å²) in [5.74, 6) is 2.12. The second kappa shape index (κ2) is 10.5. The number of aromatic nitrogens is 4. The van der Waals surface area contributed by atoms with Gasteiger partial charge in [0.25, 0.3) is 0 Å². The first kappa shape index (κ1) is 24.2. The number of amides is 1. The van der Waals surface area contributed by atoms with Gasteiger partial charge in [0.15, 0.2) is 5.82 Å². The number of rotatable bonds is 7. The monoisotopic (exact) mass is 478 g/mol. The van der Waals surface area contributed by atoms with Crippen LogP contribution >= 0.6 is 0 Å². The molecule has 4 rings (SSSR count). The number of nitrogens with zero attached hydrogens (tertiary/aromatic N) is 5. The molecule has 1 aliphatic heterocycles. The summed E-state index contributed by atoms with van der Waals surface area (Å²) >= 11 is 0. The molecule has 2 aromatic heterocycles. The summed E-state index contributed by atoms with van der Waals surface area (Å²) in [6.45, 7) is 6.78. The second-order valence-electron chi connectivity index (χ2n) is 9.17. The van der Waals surface area contributed by atoms with Crippen molar-refractivity contribution < 1.29 is 19.0 Å². The molecule has 0 bridgehead atoms. The molecular weight excluding hydrogens is 448 g/mol. The van der Waals surface area contributed by atoms with Gasteiger partial charge in [-0.05, 0) is 57.9 Å². The van der Waals surface area contributed by atoms with E-state index in [-0.39, 0.29) is 12.1 Å². The molecule has 3 aromatic rings. The molecule has 1 aliphatic rings. The molecule has 1 amide bonds. The molecule has 0 saturated carbocycles. The first-order valence-corrected chi connectivity index (χ1v) is 11.5. The van der Waals surface area contributed by atoms with Crippen molar-refractivity contribution in [2.24, 2.45) is 0 Å². The van der Waals surface area contributed by atoms with E-state index in [0.29, 0.717) is 41.8 Å². The number of carbonyl (C=O) groups excluding carboxylic acids is 1. The van der Waals surface area contributed by atoms with Crippen molar-refractivity contribution >= 4 is 11.8 Å². The maximum absolute atomic E-state index is 12.6. The van der Waals surface area contributed by atoms with Crippen molar-refractivity contribution in [3.8, 4) is 28.8 Å². The third-order valence-electron chi connectivity index (χ3n) is 5.38. The minimum atomic E-state index is -0.540. The van der Waals surface area contributed by atoms with Crippen LogP contribution in [0.1, 0.15) is 33.6 Å². The van der Waals surface area contributed by atoms with E-state index in [9.17, 15) is 4.79 Å². The maximum atomic E-state index is 12.6. The van der Waals surface area contributed by atoms with Crippen LogP contribution < -0.4 is 14.8 Å². The van der Waals surface area contributed by atoms with Crippen LogP contribution in [0.5, 0.6) is 17.4 Å². The minimum absolute atomic E-state index is 0.0131. The van der Waals surface area contributed by atoms with E-state index in [1.807, 2.05) is 32.9 Å². The Morgan fingerprint density at radius 1 is 1.11 bits per heavy atom. The Bertz CT molecular complexity index is 1130. The summed E-state index contributed by atoms with van der Waals surface area (Å²) in [5.41, 5.74) is 0.741. The van der Waals surface area contributed by atoms with Crippen molar-refractivity contribution in [3.63, 3.8) is 0 Å². The summed E-state index contributed by atoms with van der Waals surface area (Å²) in [5, 5.41) is 3.37. The smallest absolute Gasteiger partial charge is 0.410 e. The normalized spacial score (nSPS) is 15.5. The molecule has 1 atom stereocenters. The van der Waals surface area contributed by atoms with Gasteiger partial charge >= 0.3 is 6.09 Å². The predicted molar refractivity (Wildman–Crippen MR) is 131 cm³/mol. The highest BCUT2D eigenvalue weighted by Gasteiger charge is 2.32. The molecular formula is C25H30N6O4. The van der Waals surface area contributed by atoms with Gasteiger partial charge in [0.1, 0.15) is 29.1 Å². The van der Waals surface area contributed by atoms with Crippen LogP contribution in [0.15, 0.2) is 49.2 Å². The average molecular weight is 479 g/mol. The summed E-state index contributed by atoms with van der Waals surface area (Å²) < 4.78 is 16.9. The summed E-state index contributed by atoms with van der Waals surface area (Å²) in [6.07, 6.45) is 7.90. The Morgan fingerprint density at radius 3 is 2.51 bits per heavy atom. The molecule has 1 saturated heterocycles. The van der Waals surface area contributed by atoms with E-state index in [1.54, 1.807) is 42.7 Å². The number of hydrogen-bond acceptors (Lipinski definition) is 9. The third-order valence-corrected chi connectivity index (χ3v) is 5.38. The number of anilines is 1. The van der Waals surface area contributed by atoms with E-state index >= 15 is 0 Å². The van der Waals surface area contributed by atoms with Gasteiger partial charge in [0.05, 0.1) is 24.9 Å². The SMILES string of the molecule is COc1ccc(Oc2nc(-c3cncnc3)ncc2NC[C@@H]2CCCN2C(=O)OC(C)(C)C)cc1. The van der Waals surface area contributed by atoms with E-state index in [4.69, 9.17) is 14.2 Å². The van der Waals surface area contributed by atoms with E-state index in [0.717, 1.165) is 18.6 Å². The molecule has 3 heterocycles. The number of ether oxygens (including phenoxy) is 3. The van der Waals surface area contributed by atoms with E-state index in [1.165, 1.54) is 6.33 Å². The lowest BCUT2D eigenvalue weighted by Crippen LogP contribution is -2.42. The standard InChI is InChI=1S/C25H30N6O4/c1-25(2,3)35-24(32)31-11-5-6-18(31)14-28-21-15-29-22(17-12-26-16-27-13-17)30-23(21)34-20-9-7-19(33-4)8-10-20/h7-10,12-13,15-16,18,28H,5-6,11,14H2,1-4H3/t18-/m0/s1. The molecule has 10 nitrogen and oxygen atoms in total. The molecule has 184 valence electrons. The molecule has 10 heteroatoms. The molecule has 35 heavy (non-hydrogen) atoms. The fourth-order valence-electron chi connectivity index (χ4n) is 3.71. The van der Waals surface area contributed by atoms with E-state index < -0.39 is 5.60 Å². The van der Waals surface area contributed by atoms with Gasteiger partial charge in [-0.2, -0.15) is 4.98 Å². The van der Waals surface area contributed by atoms with Crippen molar-refractivity contribution in [3.05, 3.63) is 49.2 Å². The molecule has 1 fully saturated rings. The predicted octanol–water partition coefficient (Wildman–Crippen LogP) is 4.55. The molecule has 1 aromatic carbocycles. The zero-order valence-electron chi connectivity index (χ0n) is 20.4. The molecule has 0 aliphatic carbocycles. The highest BCUT2D eigenvalue weighted by Crippen LogP contribution is 2.31. The Morgan fingerprint density at radius 2 is 1.83 bits per heavy atom. The summed E-state index contributed by atoms with van der Waals surface area (Å²) in [6, 6.07) is 7.22. The van der Waals surface area contributed by atoms with Crippen LogP contribution in [0, 0.1) is 0 Å². The zero-order chi connectivity index (χ0) is 24.8. The third kappa shape index (κ3) is 6.34. The van der Waals surface area contributed by atoms with E-state index in [2.05, 4.69) is 25.3 Å². The van der Waals surface area contributed by atoms with Crippen LogP contribution in [0.2, 0.25) is 0 Å². The van der Waals surface area contributed by atoms with Crippen molar-refractivity contribution in [1.29, 1.82) is 0 Å². The number of likely N-dealkylation sites (tertiary alicyclic amines) is 1. The number of nitrogens with one attached hydrogen (secondary N) is 1. The van der Waals surface area contributed by atoms with Crippen molar-refractivity contribution in [1.82, 2.24) is 24.8 Å². The van der Waals surface area contributed by atoms with Crippen LogP contribution in [0.25, 0.3) is 11.4 Å². The number of methoxy groups -OCH3 is 1. The lowest BCUT2D eigenvalue weighted by Gasteiger charge is -2.29. The highest BCUT2D eigenvalue weighted by atomic mass is 16.6. The van der Waals surface area contributed by atoms with Crippen LogP contribution in [-0.2, 0) is 4.74 Å². The van der Waals surface area contributed by atoms with Gasteiger partial charge < -0.3 is 24.4 Å². The topological polar surface area (TPSA) is 112 Å². The number of hydrogen-bond donors (Lipinski definition) is 1. The van der Waals surface area contributed by atoms with Gasteiger partial charge in [-0.1, -0.05) is 0 Å². The Labute approximate surface area is 204 Å². The quantitative estimate of drug-likeness (QED) is 0.523. The fourth-order valence-corrected chi connectivity index (χ4v) is 3.71. The van der Waals surface area contributed by atoms with Crippen LogP contribution in [0.4, 0.5) is 10.5 Å². The first-order valence-electron chi connectivity index (χ1n) is 11.5. The molecule has 0 unspecified atom stereocenters. The second-order valence-corrected chi connectivity index (χ2v) is 9.17. The molecule has 1 N–H and O–H groups in total. The minimum Gasteiger partial charge on any atom is -0.497 e. The van der Waals surface area contributed by atoms with Crippen molar-refractivity contribution in [2.75, 3.05) is 25.5 Å². The number of benzene rings is 1. The van der Waals surface area contributed by atoms with Gasteiger partial charge in [-0.3, -0.25) is 0 Å². The Kier molecular flexibility index (Phi) is 7.28. The van der Waals surface area contributed by atoms with Crippen LogP contribution in [0.3, 0.4) is 0 Å². The lowest BCUT2D eigenvalue weighted by atomic mass is 10.2. The Hall–Kier alpha value is -3.95. The Balaban J connectivity index is 1.54. The summed E-state index contributed by atoms with van der Waals surface area (Å²) in [7, 11) is 1.61. The van der Waals surface area contributed by atoms with Gasteiger partial charge in [0, 0.05) is 25.5 Å². The van der Waals surface area contributed by atoms with Gasteiger partial charge in [-0.15, -0.1) is 0 Å². The maximum Gasteiger partial charge on any atom is 0.410 e. The molecule has 0 radical (unpaired) electrons. The summed E-state index contributed by atoms with van der Waals surface area (Å²) in [4.78, 5) is 31.6. The zero-order valence-corrected chi connectivity index (χ0v) is 20.4. The van der Waals surface area contributed by atoms with Gasteiger partial charge in [-0.25, -0.2) is 19.7 Å². The molecule has 0 spiro atoms. The fraction of sp³-hybridized carbons (Fsp3) is 0.400. The van der Waals surface area contributed by atoms with Gasteiger partial charge in [0.2, 0.25) is 5.88 Å². The lowest BCUT2D eigenvalue weighted by molar-refractivity contribution is 0.0235. The largest absolute Gasteiger partial charge is 0.497 e. The number of carbonyl (C=O) groups is 1. The average Bonchev–Trinajstić information content (AvgIpc) is 3.32. The van der Waals surface area contributed by atoms with Crippen LogP contribution in [-0.4, -0.2) is 62.8 Å². The van der Waals surface area contributed by atoms with Crippen molar-refractivity contribution in [2.45, 2.75) is 45.3 Å².